The number of halogens is 3. The monoisotopic (exact) mass is 452 g/mol. The van der Waals surface area contributed by atoms with Crippen LogP contribution in [0.4, 0.5) is 0 Å². The molecule has 0 saturated carbocycles. The van der Waals surface area contributed by atoms with E-state index in [-0.39, 0.29) is 0 Å². The molecule has 0 amide bonds. The molecule has 6 heteroatoms. The Morgan fingerprint density at radius 1 is 1.14 bits per heavy atom. The molecule has 3 aromatic rings. The zero-order chi connectivity index (χ0) is 15.7. The molecule has 0 N–H and O–H groups in total. The Kier molecular flexibility index (Phi) is 4.75. The van der Waals surface area contributed by atoms with E-state index in [4.69, 9.17) is 23.2 Å². The zero-order valence-electron chi connectivity index (χ0n) is 11.1. The molecule has 2 aromatic carbocycles. The molecule has 1 atom stereocenters. The molecule has 0 fully saturated rings. The molecule has 0 radical (unpaired) electrons. The number of fused-ring (bicyclic) bond motifs is 1. The zero-order valence-corrected chi connectivity index (χ0v) is 16.3. The van der Waals surface area contributed by atoms with Gasteiger partial charge in [0.05, 0.1) is 0 Å². The minimum absolute atomic E-state index is 0.612. The maximum atomic E-state index is 9.39. The van der Waals surface area contributed by atoms with E-state index in [1.807, 2.05) is 30.3 Å². The number of nitrogens with zero attached hydrogens (tertiary/aromatic N) is 2. The summed E-state index contributed by atoms with van der Waals surface area (Å²) in [7, 11) is 0. The second-order valence-corrected chi connectivity index (χ2v) is 9.03. The van der Waals surface area contributed by atoms with Crippen molar-refractivity contribution in [3.8, 4) is 6.07 Å². The van der Waals surface area contributed by atoms with Gasteiger partial charge in [0.25, 0.3) is 0 Å². The molecule has 0 saturated heterocycles. The van der Waals surface area contributed by atoms with Crippen molar-refractivity contribution in [3.63, 3.8) is 0 Å². The van der Waals surface area contributed by atoms with Crippen molar-refractivity contribution in [3.05, 3.63) is 62.7 Å². The molecule has 1 aromatic heterocycles. The van der Waals surface area contributed by atoms with Crippen molar-refractivity contribution in [2.75, 3.05) is 0 Å². The quantitative estimate of drug-likeness (QED) is 0.556. The summed E-state index contributed by atoms with van der Waals surface area (Å²) in [5.41, 5.74) is 1.48. The third-order valence-electron chi connectivity index (χ3n) is 3.14. The van der Waals surface area contributed by atoms with Crippen LogP contribution in [0.15, 0.2) is 47.1 Å². The first-order valence-electron chi connectivity index (χ1n) is 6.29. The van der Waals surface area contributed by atoms with Crippen LogP contribution < -0.4 is 8.70 Å². The first kappa shape index (κ1) is 15.8. The number of aromatic nitrogens is 1. The summed E-state index contributed by atoms with van der Waals surface area (Å²) < 4.78 is 3.06. The summed E-state index contributed by atoms with van der Waals surface area (Å²) in [5, 5.41) is 11.7. The van der Waals surface area contributed by atoms with Crippen LogP contribution in [0.5, 0.6) is 0 Å². The van der Waals surface area contributed by atoms with Crippen LogP contribution in [0.3, 0.4) is 0 Å². The van der Waals surface area contributed by atoms with Crippen LogP contribution in [-0.4, -0.2) is 20.7 Å². The van der Waals surface area contributed by atoms with Gasteiger partial charge in [-0.15, -0.1) is 0 Å². The van der Waals surface area contributed by atoms with Crippen molar-refractivity contribution < 1.29 is 0 Å². The van der Waals surface area contributed by atoms with Gasteiger partial charge in [-0.05, 0) is 0 Å². The molecule has 3 rings (SSSR count). The predicted molar refractivity (Wildman–Crippen MR) is 97.0 cm³/mol. The molecular weight excluding hydrogens is 446 g/mol. The van der Waals surface area contributed by atoms with Gasteiger partial charge in [0.15, 0.2) is 0 Å². The predicted octanol–water partition coefficient (Wildman–Crippen LogP) is 3.56. The summed E-state index contributed by atoms with van der Waals surface area (Å²) in [4.78, 5) is 4.37. The molecule has 108 valence electrons. The average molecular weight is 454 g/mol. The Balaban J connectivity index is 2.18. The number of benzene rings is 2. The summed E-state index contributed by atoms with van der Waals surface area (Å²) in [6, 6.07) is 13.7. The maximum absolute atomic E-state index is 9.39. The Morgan fingerprint density at radius 3 is 2.68 bits per heavy atom. The second kappa shape index (κ2) is 6.60. The number of nitriles is 1. The van der Waals surface area contributed by atoms with E-state index < -0.39 is 15.8 Å². The Labute approximate surface area is 152 Å². The van der Waals surface area contributed by atoms with E-state index in [0.29, 0.717) is 15.6 Å². The second-order valence-electron chi connectivity index (χ2n) is 4.57. The van der Waals surface area contributed by atoms with Crippen LogP contribution in [0.25, 0.3) is 10.9 Å². The molecule has 1 heterocycles. The van der Waals surface area contributed by atoms with Gasteiger partial charge in [0.2, 0.25) is 0 Å². The van der Waals surface area contributed by atoms with Gasteiger partial charge >= 0.3 is 153 Å². The molecule has 2 nitrogen and oxygen atoms in total. The van der Waals surface area contributed by atoms with Crippen molar-refractivity contribution in [2.24, 2.45) is 0 Å². The van der Waals surface area contributed by atoms with Gasteiger partial charge in [-0.3, -0.25) is 0 Å². The fraction of sp³-hybridized carbons (Fsp3) is 0. The molecule has 0 aliphatic carbocycles. The van der Waals surface area contributed by atoms with Crippen molar-refractivity contribution in [1.82, 2.24) is 4.98 Å². The number of hydrogen-bond acceptors (Lipinski definition) is 2. The van der Waals surface area contributed by atoms with E-state index in [2.05, 4.69) is 27.0 Å². The fourth-order valence-corrected chi connectivity index (χ4v) is 5.69. The van der Waals surface area contributed by atoms with Crippen molar-refractivity contribution in [2.45, 2.75) is 0 Å². The summed E-state index contributed by atoms with van der Waals surface area (Å²) in [6.45, 7) is 0. The third kappa shape index (κ3) is 3.16. The van der Waals surface area contributed by atoms with Gasteiger partial charge in [-0.1, -0.05) is 0 Å². The van der Waals surface area contributed by atoms with Gasteiger partial charge in [-0.25, -0.2) is 0 Å². The Bertz CT molecular complexity index is 922. The van der Waals surface area contributed by atoms with Gasteiger partial charge in [0.1, 0.15) is 0 Å². The normalized spacial score (nSPS) is 11.2. The van der Waals surface area contributed by atoms with E-state index in [1.165, 1.54) is 0 Å². The molecular formula is C16H8AsBrCl2N2. The van der Waals surface area contributed by atoms with Crippen LogP contribution in [-0.2, 0) is 0 Å². The molecule has 0 aliphatic rings. The average Bonchev–Trinajstić information content (AvgIpc) is 2.49. The third-order valence-corrected chi connectivity index (χ3v) is 7.65. The summed E-state index contributed by atoms with van der Waals surface area (Å²) in [5.74, 6) is 0. The van der Waals surface area contributed by atoms with Gasteiger partial charge in [0, 0.05) is 0 Å². The van der Waals surface area contributed by atoms with Gasteiger partial charge < -0.3 is 0 Å². The Morgan fingerprint density at radius 2 is 1.95 bits per heavy atom. The molecule has 0 bridgehead atoms. The number of rotatable bonds is 2. The van der Waals surface area contributed by atoms with E-state index in [1.54, 1.807) is 12.3 Å². The fourth-order valence-electron chi connectivity index (χ4n) is 2.11. The Hall–Kier alpha value is -1.04. The summed E-state index contributed by atoms with van der Waals surface area (Å²) >= 11 is 14.9. The van der Waals surface area contributed by atoms with Crippen LogP contribution in [0.1, 0.15) is 5.56 Å². The van der Waals surface area contributed by atoms with Crippen molar-refractivity contribution >= 4 is 74.5 Å². The number of hydrogen-bond donors (Lipinski definition) is 0. The molecule has 1 unspecified atom stereocenters. The van der Waals surface area contributed by atoms with Gasteiger partial charge in [-0.2, -0.15) is 0 Å². The molecule has 22 heavy (non-hydrogen) atoms. The van der Waals surface area contributed by atoms with Crippen LogP contribution >= 0.6 is 39.1 Å². The topological polar surface area (TPSA) is 36.7 Å². The van der Waals surface area contributed by atoms with E-state index in [9.17, 15) is 5.26 Å². The molecule has 0 spiro atoms. The first-order valence-corrected chi connectivity index (χ1v) is 9.93. The first-order chi connectivity index (χ1) is 10.6. The van der Waals surface area contributed by atoms with Crippen molar-refractivity contribution in [1.29, 1.82) is 5.26 Å². The summed E-state index contributed by atoms with van der Waals surface area (Å²) in [6.07, 6.45) is 1.64. The molecule has 0 aliphatic heterocycles. The standard InChI is InChI=1S/C16H8AsBrCl2N2/c18-10-1-3-12-15(5-10)22-8-9(7-21)16(12)17-13-4-2-11(19)6-14(13)20/h1-6,8,17H. The van der Waals surface area contributed by atoms with E-state index >= 15 is 0 Å². The van der Waals surface area contributed by atoms with Crippen LogP contribution in [0.2, 0.25) is 10.0 Å². The van der Waals surface area contributed by atoms with E-state index in [0.717, 1.165) is 24.1 Å². The SMILES string of the molecule is N#Cc1cnc2cc(Br)ccc2c1[AsH]c1ccc(Cl)cc1Cl. The van der Waals surface area contributed by atoms with Crippen LogP contribution in [0, 0.1) is 11.3 Å². The minimum atomic E-state index is -0.774. The number of pyridine rings is 1.